The Morgan fingerprint density at radius 3 is 2.57 bits per heavy atom. The Hall–Kier alpha value is -0.570. The van der Waals surface area contributed by atoms with E-state index < -0.39 is 0 Å². The first-order valence-electron chi connectivity index (χ1n) is 9.17. The van der Waals surface area contributed by atoms with Crippen LogP contribution in [0, 0.1) is 35.5 Å². The normalized spacial score (nSPS) is 44.2. The number of hydrogen-bond donors (Lipinski definition) is 1. The molecule has 1 N–H and O–H groups in total. The lowest BCUT2D eigenvalue weighted by Gasteiger charge is -2.34. The Morgan fingerprint density at radius 1 is 1.19 bits per heavy atom. The van der Waals surface area contributed by atoms with Gasteiger partial charge in [0.05, 0.1) is 0 Å². The zero-order valence-corrected chi connectivity index (χ0v) is 13.6. The molecular formula is C18H30N2O. The Morgan fingerprint density at radius 2 is 1.90 bits per heavy atom. The molecule has 0 radical (unpaired) electrons. The second-order valence-electron chi connectivity index (χ2n) is 8.37. The van der Waals surface area contributed by atoms with Gasteiger partial charge in [-0.2, -0.15) is 0 Å². The maximum atomic E-state index is 12.9. The largest absolute Gasteiger partial charge is 0.342 e. The van der Waals surface area contributed by atoms with Crippen LogP contribution >= 0.6 is 0 Å². The van der Waals surface area contributed by atoms with Gasteiger partial charge in [-0.3, -0.25) is 4.79 Å². The van der Waals surface area contributed by atoms with Gasteiger partial charge in [0.25, 0.3) is 0 Å². The third-order valence-electron chi connectivity index (χ3n) is 6.67. The monoisotopic (exact) mass is 290 g/mol. The lowest BCUT2D eigenvalue weighted by molar-refractivity contribution is -0.135. The smallest absolute Gasteiger partial charge is 0.226 e. The predicted octanol–water partition coefficient (Wildman–Crippen LogP) is 2.52. The average molecular weight is 290 g/mol. The average Bonchev–Trinajstić information content (AvgIpc) is 2.91. The van der Waals surface area contributed by atoms with Crippen molar-refractivity contribution in [3.05, 3.63) is 0 Å². The van der Waals surface area contributed by atoms with Gasteiger partial charge >= 0.3 is 0 Å². The fourth-order valence-electron chi connectivity index (χ4n) is 5.70. The molecule has 1 amide bonds. The maximum Gasteiger partial charge on any atom is 0.226 e. The minimum Gasteiger partial charge on any atom is -0.342 e. The molecule has 5 atom stereocenters. The summed E-state index contributed by atoms with van der Waals surface area (Å²) in [6.45, 7) is 7.50. The molecule has 3 saturated carbocycles. The molecule has 0 aromatic carbocycles. The van der Waals surface area contributed by atoms with Crippen molar-refractivity contribution in [1.29, 1.82) is 0 Å². The van der Waals surface area contributed by atoms with E-state index in [0.717, 1.165) is 43.3 Å². The number of carbonyl (C=O) groups is 1. The summed E-state index contributed by atoms with van der Waals surface area (Å²) in [6.07, 6.45) is 6.75. The third kappa shape index (κ3) is 2.42. The van der Waals surface area contributed by atoms with Gasteiger partial charge in [-0.05, 0) is 68.2 Å². The molecule has 3 nitrogen and oxygen atoms in total. The maximum absolute atomic E-state index is 12.9. The fourth-order valence-corrected chi connectivity index (χ4v) is 5.70. The van der Waals surface area contributed by atoms with Crippen LogP contribution in [-0.4, -0.2) is 36.5 Å². The summed E-state index contributed by atoms with van der Waals surface area (Å²) >= 11 is 0. The third-order valence-corrected chi connectivity index (χ3v) is 6.67. The van der Waals surface area contributed by atoms with Crippen LogP contribution in [0.3, 0.4) is 0 Å². The summed E-state index contributed by atoms with van der Waals surface area (Å²) in [5, 5.41) is 3.55. The highest BCUT2D eigenvalue weighted by molar-refractivity contribution is 5.83. The summed E-state index contributed by atoms with van der Waals surface area (Å²) < 4.78 is 0. The topological polar surface area (TPSA) is 32.3 Å². The van der Waals surface area contributed by atoms with E-state index in [1.165, 1.54) is 32.1 Å². The predicted molar refractivity (Wildman–Crippen MR) is 83.7 cm³/mol. The Labute approximate surface area is 128 Å². The van der Waals surface area contributed by atoms with E-state index in [2.05, 4.69) is 24.1 Å². The van der Waals surface area contributed by atoms with E-state index in [-0.39, 0.29) is 0 Å². The van der Waals surface area contributed by atoms with Crippen molar-refractivity contribution in [2.75, 3.05) is 19.6 Å². The van der Waals surface area contributed by atoms with Gasteiger partial charge in [0, 0.05) is 25.0 Å². The molecule has 21 heavy (non-hydrogen) atoms. The van der Waals surface area contributed by atoms with Gasteiger partial charge in [0.1, 0.15) is 0 Å². The molecule has 3 heteroatoms. The molecule has 0 aromatic heterocycles. The molecule has 5 unspecified atom stereocenters. The van der Waals surface area contributed by atoms with E-state index in [1.54, 1.807) is 0 Å². The molecule has 0 spiro atoms. The molecule has 0 aromatic rings. The van der Waals surface area contributed by atoms with Crippen molar-refractivity contribution in [3.63, 3.8) is 0 Å². The lowest BCUT2D eigenvalue weighted by Crippen LogP contribution is -2.44. The van der Waals surface area contributed by atoms with Crippen LogP contribution in [0.4, 0.5) is 0 Å². The van der Waals surface area contributed by atoms with E-state index in [0.29, 0.717) is 23.8 Å². The van der Waals surface area contributed by atoms with Crippen molar-refractivity contribution in [3.8, 4) is 0 Å². The van der Waals surface area contributed by atoms with E-state index >= 15 is 0 Å². The molecule has 4 aliphatic rings. The Kier molecular flexibility index (Phi) is 3.52. The Bertz CT molecular complexity index is 405. The van der Waals surface area contributed by atoms with Crippen LogP contribution in [-0.2, 0) is 4.79 Å². The summed E-state index contributed by atoms with van der Waals surface area (Å²) in [7, 11) is 0. The minimum absolute atomic E-state index is 0.438. The van der Waals surface area contributed by atoms with Crippen LogP contribution in [0.2, 0.25) is 0 Å². The molecular weight excluding hydrogens is 260 g/mol. The van der Waals surface area contributed by atoms with Gasteiger partial charge in [-0.25, -0.2) is 0 Å². The number of amides is 1. The van der Waals surface area contributed by atoms with Gasteiger partial charge < -0.3 is 10.2 Å². The number of nitrogens with one attached hydrogen (secondary N) is 1. The molecule has 118 valence electrons. The quantitative estimate of drug-likeness (QED) is 0.863. The molecule has 1 aliphatic heterocycles. The van der Waals surface area contributed by atoms with Crippen molar-refractivity contribution in [2.45, 2.75) is 52.0 Å². The Balaban J connectivity index is 1.33. The second kappa shape index (κ2) is 5.26. The van der Waals surface area contributed by atoms with Gasteiger partial charge in [-0.15, -0.1) is 0 Å². The first-order valence-corrected chi connectivity index (χ1v) is 9.17. The molecule has 4 rings (SSSR count). The van der Waals surface area contributed by atoms with E-state index in [9.17, 15) is 4.79 Å². The molecule has 4 fully saturated rings. The summed E-state index contributed by atoms with van der Waals surface area (Å²) in [5.74, 6) is 5.05. The van der Waals surface area contributed by atoms with Crippen molar-refractivity contribution in [2.24, 2.45) is 35.5 Å². The lowest BCUT2D eigenvalue weighted by atomic mass is 9.96. The van der Waals surface area contributed by atoms with Crippen LogP contribution < -0.4 is 5.32 Å². The number of piperidine rings is 1. The molecule has 2 bridgehead atoms. The summed E-state index contributed by atoms with van der Waals surface area (Å²) in [4.78, 5) is 15.1. The second-order valence-corrected chi connectivity index (χ2v) is 8.37. The van der Waals surface area contributed by atoms with Crippen LogP contribution in [0.15, 0.2) is 0 Å². The van der Waals surface area contributed by atoms with Gasteiger partial charge in [0.15, 0.2) is 0 Å². The number of carbonyl (C=O) groups excluding carboxylic acids is 1. The highest BCUT2D eigenvalue weighted by Crippen LogP contribution is 2.69. The van der Waals surface area contributed by atoms with Crippen molar-refractivity contribution >= 4 is 5.91 Å². The van der Waals surface area contributed by atoms with Crippen molar-refractivity contribution < 1.29 is 4.79 Å². The number of nitrogens with zero attached hydrogens (tertiary/aromatic N) is 1. The van der Waals surface area contributed by atoms with Crippen LogP contribution in [0.1, 0.15) is 46.0 Å². The number of rotatable bonds is 4. The highest BCUT2D eigenvalue weighted by atomic mass is 16.2. The highest BCUT2D eigenvalue weighted by Gasteiger charge is 2.68. The van der Waals surface area contributed by atoms with E-state index in [1.807, 2.05) is 0 Å². The number of hydrogen-bond acceptors (Lipinski definition) is 2. The molecule has 1 heterocycles. The standard InChI is InChI=1S/C18H30N2O/c1-11(2)19-9-12-4-3-7-20(10-12)18(21)17-15-13-5-6-14(8-13)16(15)17/h11-17,19H,3-10H2,1-2H3. The number of fused-ring (bicyclic) bond motifs is 5. The van der Waals surface area contributed by atoms with Crippen LogP contribution in [0.5, 0.6) is 0 Å². The number of likely N-dealkylation sites (tertiary alicyclic amines) is 1. The SMILES string of the molecule is CC(C)NCC1CCCN(C(=O)C2C3C4CCC(C4)C23)C1. The first-order chi connectivity index (χ1) is 10.1. The van der Waals surface area contributed by atoms with E-state index in [4.69, 9.17) is 0 Å². The summed E-state index contributed by atoms with van der Waals surface area (Å²) in [6, 6.07) is 0.550. The minimum atomic E-state index is 0.438. The van der Waals surface area contributed by atoms with Crippen LogP contribution in [0.25, 0.3) is 0 Å². The summed E-state index contributed by atoms with van der Waals surface area (Å²) in [5.41, 5.74) is 0. The van der Waals surface area contributed by atoms with Gasteiger partial charge in [-0.1, -0.05) is 13.8 Å². The zero-order valence-electron chi connectivity index (χ0n) is 13.6. The molecule has 1 saturated heterocycles. The van der Waals surface area contributed by atoms with Gasteiger partial charge in [0.2, 0.25) is 5.91 Å². The van der Waals surface area contributed by atoms with Crippen molar-refractivity contribution in [1.82, 2.24) is 10.2 Å². The first kappa shape index (κ1) is 14.0. The molecule has 3 aliphatic carbocycles. The zero-order chi connectivity index (χ0) is 14.6. The fraction of sp³-hybridized carbons (Fsp3) is 0.944.